The first-order chi connectivity index (χ1) is 22.4. The summed E-state index contributed by atoms with van der Waals surface area (Å²) in [6.07, 6.45) is 9.66. The molecule has 252 valence electrons. The molecule has 0 nitrogen and oxygen atoms in total. The van der Waals surface area contributed by atoms with Gasteiger partial charge in [0, 0.05) is 0 Å². The van der Waals surface area contributed by atoms with E-state index in [9.17, 15) is 0 Å². The van der Waals surface area contributed by atoms with Crippen molar-refractivity contribution in [2.24, 2.45) is 0 Å². The zero-order valence-corrected chi connectivity index (χ0v) is 33.9. The molecule has 0 N–H and O–H groups in total. The van der Waals surface area contributed by atoms with Crippen LogP contribution in [0.15, 0.2) is 109 Å². The van der Waals surface area contributed by atoms with Crippen LogP contribution in [0.3, 0.4) is 0 Å². The van der Waals surface area contributed by atoms with Crippen LogP contribution in [-0.2, 0) is 44.9 Å². The average Bonchev–Trinajstić information content (AvgIpc) is 3.68. The normalized spacial score (nSPS) is 10.3. The van der Waals surface area contributed by atoms with Crippen LogP contribution in [0.4, 0.5) is 0 Å². The van der Waals surface area contributed by atoms with Gasteiger partial charge in [-0.3, -0.25) is 0 Å². The minimum absolute atomic E-state index is 0. The number of aryl methyl sites for hydroxylation is 4. The SMILES string of the molecule is CCCc1cc(CCC)c2cc(-c3ccccc3)[cH-]c2c1.CCCc1cc(CCC)c2cc(-c3ccccc3)[cH-]c2c1.C[Si](C)=[Ti+2].[Cl-].[Cl-]. The fourth-order valence-corrected chi connectivity index (χ4v) is 6.35. The Hall–Kier alpha value is -2.39. The molecule has 0 radical (unpaired) electrons. The molecular formula is C44H52Cl2SiTi-2. The quantitative estimate of drug-likeness (QED) is 0.105. The summed E-state index contributed by atoms with van der Waals surface area (Å²) in [4.78, 5) is 0. The predicted octanol–water partition coefficient (Wildman–Crippen LogP) is 7.05. The van der Waals surface area contributed by atoms with Crippen molar-refractivity contribution in [3.63, 3.8) is 0 Å². The molecule has 4 heteroatoms. The minimum Gasteiger partial charge on any atom is -1.00 e. The van der Waals surface area contributed by atoms with E-state index in [0.717, 1.165) is 0 Å². The van der Waals surface area contributed by atoms with Gasteiger partial charge in [0.25, 0.3) is 0 Å². The van der Waals surface area contributed by atoms with E-state index in [4.69, 9.17) is 0 Å². The number of rotatable bonds is 10. The molecule has 0 spiro atoms. The third-order valence-corrected chi connectivity index (χ3v) is 8.27. The van der Waals surface area contributed by atoms with Crippen LogP contribution >= 0.6 is 0 Å². The first kappa shape index (κ1) is 41.8. The second kappa shape index (κ2) is 21.6. The topological polar surface area (TPSA) is 0 Å². The number of hydrogen-bond donors (Lipinski definition) is 0. The largest absolute Gasteiger partial charge is 1.00 e. The molecule has 0 aromatic heterocycles. The van der Waals surface area contributed by atoms with Crippen molar-refractivity contribution in [3.05, 3.63) is 131 Å². The van der Waals surface area contributed by atoms with Crippen molar-refractivity contribution in [3.8, 4) is 22.3 Å². The summed E-state index contributed by atoms with van der Waals surface area (Å²) in [6.45, 7) is 13.6. The summed E-state index contributed by atoms with van der Waals surface area (Å²) in [5.41, 5.74) is 11.3. The van der Waals surface area contributed by atoms with Crippen LogP contribution in [0, 0.1) is 0 Å². The Bertz CT molecular complexity index is 1680. The van der Waals surface area contributed by atoms with Gasteiger partial charge in [-0.25, -0.2) is 0 Å². The molecule has 0 aliphatic heterocycles. The van der Waals surface area contributed by atoms with E-state index in [1.165, 1.54) is 117 Å². The van der Waals surface area contributed by atoms with E-state index >= 15 is 0 Å². The first-order valence-corrected chi connectivity index (χ1v) is 22.3. The van der Waals surface area contributed by atoms with Crippen LogP contribution in [0.2, 0.25) is 13.1 Å². The first-order valence-electron chi connectivity index (χ1n) is 17.4. The molecule has 6 rings (SSSR count). The van der Waals surface area contributed by atoms with Crippen molar-refractivity contribution in [1.82, 2.24) is 0 Å². The van der Waals surface area contributed by atoms with Crippen LogP contribution in [-0.4, -0.2) is 6.19 Å². The molecule has 0 aliphatic rings. The fourth-order valence-electron chi connectivity index (χ4n) is 6.35. The average molecular weight is 728 g/mol. The van der Waals surface area contributed by atoms with Gasteiger partial charge in [0.2, 0.25) is 0 Å². The van der Waals surface area contributed by atoms with Crippen molar-refractivity contribution in [2.45, 2.75) is 92.2 Å². The van der Waals surface area contributed by atoms with Gasteiger partial charge in [0.1, 0.15) is 0 Å². The molecule has 0 saturated heterocycles. The maximum absolute atomic E-state index is 2.42. The van der Waals surface area contributed by atoms with Gasteiger partial charge in [-0.1, -0.05) is 160 Å². The van der Waals surface area contributed by atoms with E-state index in [1.807, 2.05) is 0 Å². The minimum atomic E-state index is 0. The van der Waals surface area contributed by atoms with Crippen molar-refractivity contribution < 1.29 is 44.0 Å². The van der Waals surface area contributed by atoms with Gasteiger partial charge in [0.05, 0.1) is 0 Å². The van der Waals surface area contributed by atoms with E-state index in [2.05, 4.69) is 169 Å². The molecule has 0 saturated carbocycles. The summed E-state index contributed by atoms with van der Waals surface area (Å²) in [6, 6.07) is 40.4. The smallest absolute Gasteiger partial charge is 1.00 e. The van der Waals surface area contributed by atoms with Crippen molar-refractivity contribution in [2.75, 3.05) is 0 Å². The molecule has 0 aliphatic carbocycles. The number of hydrogen-bond acceptors (Lipinski definition) is 0. The van der Waals surface area contributed by atoms with E-state index in [-0.39, 0.29) is 31.0 Å². The van der Waals surface area contributed by atoms with E-state index < -0.39 is 0 Å². The number of halogens is 2. The van der Waals surface area contributed by atoms with Gasteiger partial charge in [-0.05, 0) is 25.7 Å². The van der Waals surface area contributed by atoms with Crippen LogP contribution < -0.4 is 24.8 Å². The molecule has 0 atom stereocenters. The molecule has 0 heterocycles. The number of benzene rings is 4. The van der Waals surface area contributed by atoms with E-state index in [0.29, 0.717) is 0 Å². The van der Waals surface area contributed by atoms with Crippen LogP contribution in [0.25, 0.3) is 43.8 Å². The third kappa shape index (κ3) is 11.9. The summed E-state index contributed by atoms with van der Waals surface area (Å²) >= 11 is 2.27. The van der Waals surface area contributed by atoms with Gasteiger partial charge in [-0.15, -0.1) is 69.1 Å². The summed E-state index contributed by atoms with van der Waals surface area (Å²) in [5.74, 6) is 0. The Labute approximate surface area is 315 Å². The number of fused-ring (bicyclic) bond motifs is 2. The van der Waals surface area contributed by atoms with Gasteiger partial charge in [0.15, 0.2) is 0 Å². The molecular weight excluding hydrogens is 675 g/mol. The Morgan fingerprint density at radius 3 is 1.15 bits per heavy atom. The second-order valence-electron chi connectivity index (χ2n) is 12.7. The van der Waals surface area contributed by atoms with Crippen LogP contribution in [0.5, 0.6) is 0 Å². The zero-order chi connectivity index (χ0) is 32.9. The van der Waals surface area contributed by atoms with Gasteiger partial charge in [-0.2, -0.15) is 0 Å². The fraction of sp³-hybridized carbons (Fsp3) is 0.318. The molecule has 6 aromatic rings. The standard InChI is InChI=1S/2C21H23.C2H6Si.2ClH.Ti/c2*1-3-8-16-12-18(9-4-2)21-15-19(14-20(21)13-16)17-10-6-5-7-11-17;1-3-2;;;/h2*5-7,10-15H,3-4,8-9H2,1-2H3;1-2H3;2*1H;/q2*-1;;;;+2/p-2. The maximum Gasteiger partial charge on any atom is -1.00 e. The Morgan fingerprint density at radius 2 is 0.833 bits per heavy atom. The molecule has 0 unspecified atom stereocenters. The third-order valence-electron chi connectivity index (χ3n) is 8.27. The monoisotopic (exact) mass is 726 g/mol. The molecule has 0 fully saturated rings. The Balaban J connectivity index is 0.000000289. The molecule has 0 amide bonds. The summed E-state index contributed by atoms with van der Waals surface area (Å²) < 4.78 is 0. The Kier molecular flexibility index (Phi) is 18.8. The van der Waals surface area contributed by atoms with Crippen molar-refractivity contribution in [1.29, 1.82) is 0 Å². The molecule has 0 bridgehead atoms. The Morgan fingerprint density at radius 1 is 0.500 bits per heavy atom. The predicted molar refractivity (Wildman–Crippen MR) is 203 cm³/mol. The molecule has 48 heavy (non-hydrogen) atoms. The summed E-state index contributed by atoms with van der Waals surface area (Å²) in [5, 5.41) is 5.69. The van der Waals surface area contributed by atoms with Gasteiger partial charge < -0.3 is 24.8 Å². The summed E-state index contributed by atoms with van der Waals surface area (Å²) in [7, 11) is 0. The van der Waals surface area contributed by atoms with Crippen molar-refractivity contribution >= 4 is 27.7 Å². The van der Waals surface area contributed by atoms with Crippen LogP contribution in [0.1, 0.15) is 75.6 Å². The van der Waals surface area contributed by atoms with E-state index in [1.54, 1.807) is 0 Å². The molecule has 6 aromatic carbocycles. The maximum atomic E-state index is 2.42. The second-order valence-corrected chi connectivity index (χ2v) is 19.4. The van der Waals surface area contributed by atoms with Gasteiger partial charge >= 0.3 is 38.5 Å². The zero-order valence-electron chi connectivity index (χ0n) is 29.8.